The van der Waals surface area contributed by atoms with Crippen molar-refractivity contribution in [2.24, 2.45) is 0 Å². The first-order valence-electron chi connectivity index (χ1n) is 7.19. The zero-order valence-electron chi connectivity index (χ0n) is 11.7. The first-order valence-corrected chi connectivity index (χ1v) is 7.57. The monoisotopic (exact) mass is 289 g/mol. The van der Waals surface area contributed by atoms with Gasteiger partial charge in [-0.3, -0.25) is 4.68 Å². The van der Waals surface area contributed by atoms with E-state index in [2.05, 4.69) is 29.5 Å². The second-order valence-corrected chi connectivity index (χ2v) is 6.13. The Morgan fingerprint density at radius 3 is 2.90 bits per heavy atom. The number of nitrogens with one attached hydrogen (secondary N) is 1. The molecule has 0 amide bonds. The fraction of sp³-hybridized carbons (Fsp3) is 0.438. The maximum absolute atomic E-state index is 6.10. The molecule has 3 nitrogen and oxygen atoms in total. The van der Waals surface area contributed by atoms with Gasteiger partial charge >= 0.3 is 0 Å². The molecule has 1 aliphatic carbocycles. The predicted molar refractivity (Wildman–Crippen MR) is 81.8 cm³/mol. The van der Waals surface area contributed by atoms with Gasteiger partial charge in [0.15, 0.2) is 0 Å². The molecular weight excluding hydrogens is 270 g/mol. The van der Waals surface area contributed by atoms with Gasteiger partial charge in [0.25, 0.3) is 0 Å². The Balaban J connectivity index is 1.59. The highest BCUT2D eigenvalue weighted by Crippen LogP contribution is 2.46. The molecule has 0 aliphatic heterocycles. The molecule has 1 fully saturated rings. The second kappa shape index (κ2) is 5.58. The molecule has 1 aromatic heterocycles. The van der Waals surface area contributed by atoms with E-state index in [1.807, 2.05) is 35.3 Å². The second-order valence-electron chi connectivity index (χ2n) is 5.70. The van der Waals surface area contributed by atoms with Crippen LogP contribution in [0.2, 0.25) is 5.02 Å². The summed E-state index contributed by atoms with van der Waals surface area (Å²) in [6, 6.07) is 10.6. The highest BCUT2D eigenvalue weighted by Gasteiger charge is 2.44. The minimum atomic E-state index is 0.147. The maximum atomic E-state index is 6.10. The highest BCUT2D eigenvalue weighted by molar-refractivity contribution is 6.30. The van der Waals surface area contributed by atoms with Crippen LogP contribution in [0.25, 0.3) is 0 Å². The number of hydrogen-bond donors (Lipinski definition) is 1. The third kappa shape index (κ3) is 3.05. The predicted octanol–water partition coefficient (Wildman–Crippen LogP) is 3.59. The van der Waals surface area contributed by atoms with E-state index in [0.717, 1.165) is 18.0 Å². The lowest BCUT2D eigenvalue weighted by molar-refractivity contribution is 0.395. The summed E-state index contributed by atoms with van der Waals surface area (Å²) in [5.41, 5.74) is 1.46. The molecule has 1 saturated carbocycles. The first-order chi connectivity index (χ1) is 9.68. The van der Waals surface area contributed by atoms with Crippen LogP contribution in [0.5, 0.6) is 0 Å². The summed E-state index contributed by atoms with van der Waals surface area (Å²) in [7, 11) is 0. The van der Waals surface area contributed by atoms with Crippen LogP contribution in [-0.4, -0.2) is 15.8 Å². The van der Waals surface area contributed by atoms with Gasteiger partial charge in [-0.05, 0) is 49.9 Å². The fourth-order valence-corrected chi connectivity index (χ4v) is 2.92. The molecule has 1 unspecified atom stereocenters. The summed E-state index contributed by atoms with van der Waals surface area (Å²) in [6.07, 6.45) is 7.30. The average Bonchev–Trinajstić information content (AvgIpc) is 3.02. The van der Waals surface area contributed by atoms with E-state index in [4.69, 9.17) is 11.6 Å². The minimum Gasteiger partial charge on any atom is -0.305 e. The number of aryl methyl sites for hydroxylation is 1. The van der Waals surface area contributed by atoms with Gasteiger partial charge in [0.1, 0.15) is 0 Å². The quantitative estimate of drug-likeness (QED) is 0.881. The number of rotatable bonds is 6. The molecule has 2 aromatic rings. The summed E-state index contributed by atoms with van der Waals surface area (Å²) in [5.74, 6) is 0. The normalized spacial score (nSPS) is 17.9. The van der Waals surface area contributed by atoms with E-state index in [1.165, 1.54) is 18.4 Å². The Morgan fingerprint density at radius 2 is 2.25 bits per heavy atom. The average molecular weight is 290 g/mol. The molecule has 1 heterocycles. The van der Waals surface area contributed by atoms with E-state index < -0.39 is 0 Å². The summed E-state index contributed by atoms with van der Waals surface area (Å²) < 4.78 is 1.98. The zero-order valence-corrected chi connectivity index (χ0v) is 12.5. The van der Waals surface area contributed by atoms with Crippen molar-refractivity contribution < 1.29 is 0 Å². The summed E-state index contributed by atoms with van der Waals surface area (Å²) >= 11 is 6.10. The van der Waals surface area contributed by atoms with Crippen molar-refractivity contribution in [3.63, 3.8) is 0 Å². The van der Waals surface area contributed by atoms with Crippen molar-refractivity contribution in [3.8, 4) is 0 Å². The van der Waals surface area contributed by atoms with E-state index in [9.17, 15) is 0 Å². The topological polar surface area (TPSA) is 29.9 Å². The lowest BCUT2D eigenvalue weighted by atomic mass is 10.0. The van der Waals surface area contributed by atoms with E-state index >= 15 is 0 Å². The third-order valence-corrected chi connectivity index (χ3v) is 4.24. The molecule has 1 atom stereocenters. The van der Waals surface area contributed by atoms with Gasteiger partial charge in [0.05, 0.1) is 0 Å². The molecule has 0 radical (unpaired) electrons. The highest BCUT2D eigenvalue weighted by atomic mass is 35.5. The smallest absolute Gasteiger partial charge is 0.0489 e. The molecule has 1 aliphatic rings. The van der Waals surface area contributed by atoms with Gasteiger partial charge in [-0.2, -0.15) is 5.10 Å². The Kier molecular flexibility index (Phi) is 3.81. The summed E-state index contributed by atoms with van der Waals surface area (Å²) in [5, 5.41) is 8.83. The number of aromatic nitrogens is 2. The molecule has 0 bridgehead atoms. The van der Waals surface area contributed by atoms with Gasteiger partial charge in [-0.15, -0.1) is 0 Å². The molecular formula is C16H20ClN3. The van der Waals surface area contributed by atoms with Crippen molar-refractivity contribution in [2.45, 2.75) is 44.3 Å². The minimum absolute atomic E-state index is 0.147. The van der Waals surface area contributed by atoms with Crippen LogP contribution in [0.15, 0.2) is 42.7 Å². The molecule has 0 spiro atoms. The number of nitrogens with zero attached hydrogens (tertiary/aromatic N) is 2. The SMILES string of the molecule is CC(CCn1cccn1)NC1(c2cccc(Cl)c2)CC1. The van der Waals surface area contributed by atoms with Gasteiger partial charge in [-0.1, -0.05) is 23.7 Å². The van der Waals surface area contributed by atoms with Crippen LogP contribution in [-0.2, 0) is 12.1 Å². The lowest BCUT2D eigenvalue weighted by Crippen LogP contribution is -2.37. The summed E-state index contributed by atoms with van der Waals surface area (Å²) in [4.78, 5) is 0. The molecule has 0 saturated heterocycles. The molecule has 1 N–H and O–H groups in total. The fourth-order valence-electron chi connectivity index (χ4n) is 2.73. The first kappa shape index (κ1) is 13.7. The van der Waals surface area contributed by atoms with Crippen LogP contribution >= 0.6 is 11.6 Å². The lowest BCUT2D eigenvalue weighted by Gasteiger charge is -2.23. The summed E-state index contributed by atoms with van der Waals surface area (Å²) in [6.45, 7) is 3.20. The molecule has 3 rings (SSSR count). The van der Waals surface area contributed by atoms with Crippen molar-refractivity contribution in [3.05, 3.63) is 53.3 Å². The van der Waals surface area contributed by atoms with Crippen LogP contribution in [0.3, 0.4) is 0 Å². The van der Waals surface area contributed by atoms with E-state index in [0.29, 0.717) is 6.04 Å². The third-order valence-electron chi connectivity index (χ3n) is 4.00. The van der Waals surface area contributed by atoms with E-state index in [-0.39, 0.29) is 5.54 Å². The largest absolute Gasteiger partial charge is 0.305 e. The molecule has 1 aromatic carbocycles. The Labute approximate surface area is 124 Å². The number of halogens is 1. The Morgan fingerprint density at radius 1 is 1.40 bits per heavy atom. The van der Waals surface area contributed by atoms with Crippen LogP contribution in [0.1, 0.15) is 31.7 Å². The molecule has 4 heteroatoms. The maximum Gasteiger partial charge on any atom is 0.0489 e. The van der Waals surface area contributed by atoms with Crippen LogP contribution < -0.4 is 5.32 Å². The molecule has 106 valence electrons. The van der Waals surface area contributed by atoms with Gasteiger partial charge in [0.2, 0.25) is 0 Å². The van der Waals surface area contributed by atoms with Gasteiger partial charge < -0.3 is 5.32 Å². The van der Waals surface area contributed by atoms with Crippen LogP contribution in [0.4, 0.5) is 0 Å². The number of benzene rings is 1. The Bertz CT molecular complexity index is 561. The van der Waals surface area contributed by atoms with Crippen molar-refractivity contribution in [1.82, 2.24) is 15.1 Å². The van der Waals surface area contributed by atoms with Crippen molar-refractivity contribution in [1.29, 1.82) is 0 Å². The van der Waals surface area contributed by atoms with Gasteiger partial charge in [0, 0.05) is 35.5 Å². The Hall–Kier alpha value is -1.32. The van der Waals surface area contributed by atoms with E-state index in [1.54, 1.807) is 0 Å². The number of hydrogen-bond acceptors (Lipinski definition) is 2. The standard InChI is InChI=1S/C16H20ClN3/c1-13(6-11-20-10-3-9-18-20)19-16(7-8-16)14-4-2-5-15(17)12-14/h2-5,9-10,12-13,19H,6-8,11H2,1H3. The van der Waals surface area contributed by atoms with Crippen molar-refractivity contribution in [2.75, 3.05) is 0 Å². The van der Waals surface area contributed by atoms with Gasteiger partial charge in [-0.25, -0.2) is 0 Å². The van der Waals surface area contributed by atoms with Crippen LogP contribution in [0, 0.1) is 0 Å². The van der Waals surface area contributed by atoms with Crippen molar-refractivity contribution >= 4 is 11.6 Å². The zero-order chi connectivity index (χ0) is 14.0. The molecule has 20 heavy (non-hydrogen) atoms.